The SMILES string of the molecule is O=C1CNC(C(=O)Nc2ncc[nH]2)CN1. The summed E-state index contributed by atoms with van der Waals surface area (Å²) >= 11 is 0. The third-order valence-corrected chi connectivity index (χ3v) is 2.07. The Bertz CT molecular complexity index is 351. The van der Waals surface area contributed by atoms with E-state index in [1.165, 1.54) is 0 Å². The highest BCUT2D eigenvalue weighted by molar-refractivity contribution is 5.95. The molecular formula is C8H11N5O2. The zero-order valence-corrected chi connectivity index (χ0v) is 7.91. The minimum Gasteiger partial charge on any atom is -0.353 e. The van der Waals surface area contributed by atoms with Gasteiger partial charge < -0.3 is 10.3 Å². The number of aromatic nitrogens is 2. The summed E-state index contributed by atoms with van der Waals surface area (Å²) in [5.41, 5.74) is 0. The van der Waals surface area contributed by atoms with Crippen molar-refractivity contribution in [2.45, 2.75) is 6.04 Å². The first-order chi connectivity index (χ1) is 7.25. The van der Waals surface area contributed by atoms with Gasteiger partial charge in [-0.05, 0) is 0 Å². The van der Waals surface area contributed by atoms with Gasteiger partial charge in [-0.3, -0.25) is 20.2 Å². The molecule has 7 nitrogen and oxygen atoms in total. The number of rotatable bonds is 2. The van der Waals surface area contributed by atoms with Crippen LogP contribution in [0.2, 0.25) is 0 Å². The van der Waals surface area contributed by atoms with E-state index in [9.17, 15) is 9.59 Å². The molecule has 2 amide bonds. The number of amides is 2. The molecule has 1 aliphatic rings. The molecule has 0 bridgehead atoms. The Kier molecular flexibility index (Phi) is 2.64. The van der Waals surface area contributed by atoms with Gasteiger partial charge in [-0.25, -0.2) is 4.98 Å². The van der Waals surface area contributed by atoms with E-state index in [-0.39, 0.29) is 18.4 Å². The van der Waals surface area contributed by atoms with E-state index in [4.69, 9.17) is 0 Å². The van der Waals surface area contributed by atoms with Gasteiger partial charge >= 0.3 is 0 Å². The number of hydrogen-bond acceptors (Lipinski definition) is 4. The average molecular weight is 209 g/mol. The molecule has 0 spiro atoms. The Balaban J connectivity index is 1.89. The summed E-state index contributed by atoms with van der Waals surface area (Å²) in [6, 6.07) is -0.409. The second-order valence-corrected chi connectivity index (χ2v) is 3.16. The molecule has 7 heteroatoms. The predicted octanol–water partition coefficient (Wildman–Crippen LogP) is -1.56. The number of aromatic amines is 1. The topological polar surface area (TPSA) is 98.9 Å². The highest BCUT2D eigenvalue weighted by Crippen LogP contribution is 1.97. The largest absolute Gasteiger partial charge is 0.353 e. The zero-order valence-electron chi connectivity index (χ0n) is 7.91. The Morgan fingerprint density at radius 3 is 3.07 bits per heavy atom. The number of nitrogens with one attached hydrogen (secondary N) is 4. The predicted molar refractivity (Wildman–Crippen MR) is 52.0 cm³/mol. The summed E-state index contributed by atoms with van der Waals surface area (Å²) in [5, 5.41) is 8.00. The molecule has 0 saturated carbocycles. The molecule has 4 N–H and O–H groups in total. The average Bonchev–Trinajstić information content (AvgIpc) is 2.71. The number of piperazine rings is 1. The molecule has 2 rings (SSSR count). The lowest BCUT2D eigenvalue weighted by atomic mass is 10.2. The van der Waals surface area contributed by atoms with Gasteiger partial charge in [-0.15, -0.1) is 0 Å². The van der Waals surface area contributed by atoms with Crippen molar-refractivity contribution in [3.63, 3.8) is 0 Å². The fourth-order valence-electron chi connectivity index (χ4n) is 1.29. The molecule has 1 atom stereocenters. The first-order valence-corrected chi connectivity index (χ1v) is 4.56. The number of hydrogen-bond donors (Lipinski definition) is 4. The standard InChI is InChI=1S/C8H11N5O2/c14-6-4-11-5(3-12-6)7(15)13-8-9-1-2-10-8/h1-2,5,11H,3-4H2,(H,12,14)(H2,9,10,13,15). The maximum Gasteiger partial charge on any atom is 0.245 e. The van der Waals surface area contributed by atoms with Crippen LogP contribution in [0, 0.1) is 0 Å². The molecule has 1 fully saturated rings. The van der Waals surface area contributed by atoms with Gasteiger partial charge in [-0.2, -0.15) is 0 Å². The first-order valence-electron chi connectivity index (χ1n) is 4.56. The van der Waals surface area contributed by atoms with Gasteiger partial charge in [0.1, 0.15) is 6.04 Å². The lowest BCUT2D eigenvalue weighted by Crippen LogP contribution is -2.56. The number of H-pyrrole nitrogens is 1. The van der Waals surface area contributed by atoms with Crippen molar-refractivity contribution in [3.8, 4) is 0 Å². The van der Waals surface area contributed by atoms with Crippen molar-refractivity contribution in [2.75, 3.05) is 18.4 Å². The highest BCUT2D eigenvalue weighted by atomic mass is 16.2. The molecule has 1 aromatic heterocycles. The molecule has 0 radical (unpaired) electrons. The highest BCUT2D eigenvalue weighted by Gasteiger charge is 2.23. The lowest BCUT2D eigenvalue weighted by molar-refractivity contribution is -0.124. The molecule has 0 aliphatic carbocycles. The second-order valence-electron chi connectivity index (χ2n) is 3.16. The summed E-state index contributed by atoms with van der Waals surface area (Å²) in [5.74, 6) is 0.0840. The molecule has 1 aromatic rings. The number of anilines is 1. The third-order valence-electron chi connectivity index (χ3n) is 2.07. The normalized spacial score (nSPS) is 20.8. The van der Waals surface area contributed by atoms with Gasteiger partial charge in [0.25, 0.3) is 0 Å². The monoisotopic (exact) mass is 209 g/mol. The van der Waals surface area contributed by atoms with Gasteiger partial charge in [0.2, 0.25) is 17.8 Å². The fourth-order valence-corrected chi connectivity index (χ4v) is 1.29. The van der Waals surface area contributed by atoms with Gasteiger partial charge in [0.15, 0.2) is 0 Å². The maximum absolute atomic E-state index is 11.6. The Morgan fingerprint density at radius 2 is 2.47 bits per heavy atom. The summed E-state index contributed by atoms with van der Waals surface area (Å²) in [6.07, 6.45) is 3.16. The zero-order chi connectivity index (χ0) is 10.7. The van der Waals surface area contributed by atoms with Crippen molar-refractivity contribution < 1.29 is 9.59 Å². The van der Waals surface area contributed by atoms with E-state index < -0.39 is 6.04 Å². The van der Waals surface area contributed by atoms with E-state index in [0.717, 1.165) is 0 Å². The van der Waals surface area contributed by atoms with Gasteiger partial charge in [-0.1, -0.05) is 0 Å². The van der Waals surface area contributed by atoms with Crippen LogP contribution >= 0.6 is 0 Å². The Labute approximate surface area is 85.7 Å². The Hall–Kier alpha value is -1.89. The third kappa shape index (κ3) is 2.32. The van der Waals surface area contributed by atoms with Gasteiger partial charge in [0.05, 0.1) is 6.54 Å². The summed E-state index contributed by atoms with van der Waals surface area (Å²) in [6.45, 7) is 0.460. The number of nitrogens with zero attached hydrogens (tertiary/aromatic N) is 1. The smallest absolute Gasteiger partial charge is 0.245 e. The molecule has 1 saturated heterocycles. The quantitative estimate of drug-likeness (QED) is 0.473. The molecular weight excluding hydrogens is 198 g/mol. The number of imidazole rings is 1. The summed E-state index contributed by atoms with van der Waals surface area (Å²) in [7, 11) is 0. The van der Waals surface area contributed by atoms with Crippen molar-refractivity contribution in [2.24, 2.45) is 0 Å². The molecule has 2 heterocycles. The molecule has 0 aromatic carbocycles. The molecule has 1 unspecified atom stereocenters. The van der Waals surface area contributed by atoms with Crippen LogP contribution < -0.4 is 16.0 Å². The van der Waals surface area contributed by atoms with Crippen LogP contribution in [-0.4, -0.2) is 40.9 Å². The van der Waals surface area contributed by atoms with Crippen molar-refractivity contribution in [1.29, 1.82) is 0 Å². The molecule has 80 valence electrons. The van der Waals surface area contributed by atoms with E-state index >= 15 is 0 Å². The lowest BCUT2D eigenvalue weighted by Gasteiger charge is -2.22. The van der Waals surface area contributed by atoms with Crippen molar-refractivity contribution in [3.05, 3.63) is 12.4 Å². The van der Waals surface area contributed by atoms with Crippen molar-refractivity contribution in [1.82, 2.24) is 20.6 Å². The van der Waals surface area contributed by atoms with Crippen LogP contribution in [0.25, 0.3) is 0 Å². The minimum atomic E-state index is -0.409. The van der Waals surface area contributed by atoms with Gasteiger partial charge in [0, 0.05) is 18.9 Å². The van der Waals surface area contributed by atoms with Crippen LogP contribution in [0.1, 0.15) is 0 Å². The second kappa shape index (κ2) is 4.09. The van der Waals surface area contributed by atoms with Crippen LogP contribution in [-0.2, 0) is 9.59 Å². The van der Waals surface area contributed by atoms with Crippen LogP contribution in [0.15, 0.2) is 12.4 Å². The molecule has 15 heavy (non-hydrogen) atoms. The van der Waals surface area contributed by atoms with Crippen molar-refractivity contribution >= 4 is 17.8 Å². The van der Waals surface area contributed by atoms with E-state index in [2.05, 4.69) is 25.9 Å². The van der Waals surface area contributed by atoms with Crippen LogP contribution in [0.4, 0.5) is 5.95 Å². The van der Waals surface area contributed by atoms with Crippen LogP contribution in [0.3, 0.4) is 0 Å². The number of carbonyl (C=O) groups excluding carboxylic acids is 2. The fraction of sp³-hybridized carbons (Fsp3) is 0.375. The molecule has 1 aliphatic heterocycles. The van der Waals surface area contributed by atoms with Crippen LogP contribution in [0.5, 0.6) is 0 Å². The van der Waals surface area contributed by atoms with E-state index in [0.29, 0.717) is 12.5 Å². The number of carbonyl (C=O) groups is 2. The van der Waals surface area contributed by atoms with E-state index in [1.807, 2.05) is 0 Å². The minimum absolute atomic E-state index is 0.1000. The summed E-state index contributed by atoms with van der Waals surface area (Å²) < 4.78 is 0. The maximum atomic E-state index is 11.6. The van der Waals surface area contributed by atoms with E-state index in [1.54, 1.807) is 12.4 Å². The Morgan fingerprint density at radius 1 is 1.60 bits per heavy atom. The first kappa shape index (κ1) is 9.66. The summed E-state index contributed by atoms with van der Waals surface area (Å²) in [4.78, 5) is 29.0.